The molecule has 0 aromatic carbocycles. The van der Waals surface area contributed by atoms with Crippen LogP contribution in [0.5, 0.6) is 0 Å². The highest BCUT2D eigenvalue weighted by Gasteiger charge is 2.49. The molecule has 1 rings (SSSR count). The molecule has 0 aliphatic heterocycles. The molecule has 5 heteroatoms. The van der Waals surface area contributed by atoms with Gasteiger partial charge in [0.2, 0.25) is 0 Å². The Morgan fingerprint density at radius 2 is 1.93 bits per heavy atom. The molecular formula is C9H16F3NO. The first kappa shape index (κ1) is 11.8. The van der Waals surface area contributed by atoms with Gasteiger partial charge in [0.1, 0.15) is 0 Å². The fourth-order valence-corrected chi connectivity index (χ4v) is 2.19. The van der Waals surface area contributed by atoms with Crippen molar-refractivity contribution in [2.75, 3.05) is 0 Å². The van der Waals surface area contributed by atoms with Crippen LogP contribution < -0.4 is 5.73 Å². The first-order chi connectivity index (χ1) is 6.34. The van der Waals surface area contributed by atoms with Crippen molar-refractivity contribution in [1.29, 1.82) is 0 Å². The Balaban J connectivity index is 2.69. The number of aliphatic hydroxyl groups excluding tert-OH is 1. The van der Waals surface area contributed by atoms with Crippen LogP contribution in [0, 0.1) is 11.8 Å². The van der Waals surface area contributed by atoms with Gasteiger partial charge in [-0.05, 0) is 25.7 Å². The molecule has 4 atom stereocenters. The molecule has 1 fully saturated rings. The van der Waals surface area contributed by atoms with E-state index >= 15 is 0 Å². The number of halogens is 3. The second-order valence-corrected chi connectivity index (χ2v) is 4.09. The van der Waals surface area contributed by atoms with E-state index in [2.05, 4.69) is 0 Å². The van der Waals surface area contributed by atoms with Gasteiger partial charge in [-0.25, -0.2) is 0 Å². The SMILES string of the molecule is CC(N)C(O)C1CCCC1C(F)(F)F. The van der Waals surface area contributed by atoms with Crippen molar-refractivity contribution in [3.8, 4) is 0 Å². The van der Waals surface area contributed by atoms with E-state index in [-0.39, 0.29) is 6.42 Å². The molecule has 1 aliphatic rings. The van der Waals surface area contributed by atoms with Crippen LogP contribution in [0.2, 0.25) is 0 Å². The van der Waals surface area contributed by atoms with Gasteiger partial charge in [0.25, 0.3) is 0 Å². The Morgan fingerprint density at radius 3 is 2.36 bits per heavy atom. The molecule has 4 unspecified atom stereocenters. The summed E-state index contributed by atoms with van der Waals surface area (Å²) in [6, 6.07) is -0.594. The number of hydrogen-bond donors (Lipinski definition) is 2. The summed E-state index contributed by atoms with van der Waals surface area (Å²) in [5.74, 6) is -2.08. The molecule has 1 saturated carbocycles. The number of aliphatic hydroxyl groups is 1. The van der Waals surface area contributed by atoms with Crippen molar-refractivity contribution in [1.82, 2.24) is 0 Å². The minimum Gasteiger partial charge on any atom is -0.391 e. The van der Waals surface area contributed by atoms with Gasteiger partial charge in [0.15, 0.2) is 0 Å². The lowest BCUT2D eigenvalue weighted by Gasteiger charge is -2.28. The standard InChI is InChI=1S/C9H16F3NO/c1-5(13)8(14)6-3-2-4-7(6)9(10,11)12/h5-8,14H,2-4,13H2,1H3. The van der Waals surface area contributed by atoms with Gasteiger partial charge >= 0.3 is 6.18 Å². The van der Waals surface area contributed by atoms with Gasteiger partial charge in [-0.1, -0.05) is 6.42 Å². The maximum Gasteiger partial charge on any atom is 0.392 e. The molecular weight excluding hydrogens is 195 g/mol. The minimum atomic E-state index is -4.20. The van der Waals surface area contributed by atoms with Gasteiger partial charge in [-0.15, -0.1) is 0 Å². The van der Waals surface area contributed by atoms with E-state index < -0.39 is 30.2 Å². The quantitative estimate of drug-likeness (QED) is 0.729. The summed E-state index contributed by atoms with van der Waals surface area (Å²) >= 11 is 0. The van der Waals surface area contributed by atoms with Gasteiger partial charge in [0, 0.05) is 6.04 Å². The highest BCUT2D eigenvalue weighted by Crippen LogP contribution is 2.44. The molecule has 0 bridgehead atoms. The Bertz CT molecular complexity index is 193. The number of hydrogen-bond acceptors (Lipinski definition) is 2. The van der Waals surface area contributed by atoms with Crippen molar-refractivity contribution in [2.45, 2.75) is 44.5 Å². The van der Waals surface area contributed by atoms with E-state index in [9.17, 15) is 18.3 Å². The van der Waals surface area contributed by atoms with Crippen LogP contribution >= 0.6 is 0 Å². The Labute approximate surface area is 81.3 Å². The molecule has 14 heavy (non-hydrogen) atoms. The molecule has 0 aromatic heterocycles. The number of alkyl halides is 3. The van der Waals surface area contributed by atoms with Crippen molar-refractivity contribution < 1.29 is 18.3 Å². The maximum atomic E-state index is 12.5. The largest absolute Gasteiger partial charge is 0.392 e. The Kier molecular flexibility index (Phi) is 3.42. The normalized spacial score (nSPS) is 33.0. The van der Waals surface area contributed by atoms with Crippen LogP contribution in [0.1, 0.15) is 26.2 Å². The van der Waals surface area contributed by atoms with Crippen LogP contribution in [-0.2, 0) is 0 Å². The molecule has 2 nitrogen and oxygen atoms in total. The zero-order chi connectivity index (χ0) is 10.9. The zero-order valence-electron chi connectivity index (χ0n) is 8.09. The predicted octanol–water partition coefficient (Wildman–Crippen LogP) is 1.67. The van der Waals surface area contributed by atoms with Crippen LogP contribution in [0.4, 0.5) is 13.2 Å². The van der Waals surface area contributed by atoms with E-state index in [4.69, 9.17) is 5.73 Å². The monoisotopic (exact) mass is 211 g/mol. The van der Waals surface area contributed by atoms with Gasteiger partial charge < -0.3 is 10.8 Å². The van der Waals surface area contributed by atoms with Crippen molar-refractivity contribution >= 4 is 0 Å². The third kappa shape index (κ3) is 2.39. The molecule has 0 amide bonds. The third-order valence-corrected chi connectivity index (χ3v) is 2.97. The molecule has 0 saturated heterocycles. The van der Waals surface area contributed by atoms with Gasteiger partial charge in [-0.3, -0.25) is 0 Å². The van der Waals surface area contributed by atoms with E-state index in [0.29, 0.717) is 12.8 Å². The average molecular weight is 211 g/mol. The smallest absolute Gasteiger partial charge is 0.391 e. The van der Waals surface area contributed by atoms with Gasteiger partial charge in [-0.2, -0.15) is 13.2 Å². The summed E-state index contributed by atoms with van der Waals surface area (Å²) in [6.45, 7) is 1.54. The first-order valence-electron chi connectivity index (χ1n) is 4.84. The summed E-state index contributed by atoms with van der Waals surface area (Å²) in [4.78, 5) is 0. The van der Waals surface area contributed by atoms with Crippen LogP contribution in [0.15, 0.2) is 0 Å². The molecule has 3 N–H and O–H groups in total. The minimum absolute atomic E-state index is 0.123. The van der Waals surface area contributed by atoms with E-state index in [1.807, 2.05) is 0 Å². The van der Waals surface area contributed by atoms with Crippen molar-refractivity contribution in [3.05, 3.63) is 0 Å². The van der Waals surface area contributed by atoms with Crippen LogP contribution in [0.3, 0.4) is 0 Å². The molecule has 0 radical (unpaired) electrons. The number of rotatable bonds is 2. The molecule has 84 valence electrons. The summed E-state index contributed by atoms with van der Waals surface area (Å²) in [5, 5.41) is 9.53. The highest BCUT2D eigenvalue weighted by molar-refractivity contribution is 4.89. The van der Waals surface area contributed by atoms with Gasteiger partial charge in [0.05, 0.1) is 12.0 Å². The topological polar surface area (TPSA) is 46.2 Å². The summed E-state index contributed by atoms with van der Waals surface area (Å²) in [5.41, 5.74) is 5.40. The summed E-state index contributed by atoms with van der Waals surface area (Å²) in [7, 11) is 0. The van der Waals surface area contributed by atoms with E-state index in [1.54, 1.807) is 0 Å². The van der Waals surface area contributed by atoms with Crippen molar-refractivity contribution in [2.24, 2.45) is 17.6 Å². The van der Waals surface area contributed by atoms with Crippen LogP contribution in [0.25, 0.3) is 0 Å². The molecule has 0 heterocycles. The third-order valence-electron chi connectivity index (χ3n) is 2.97. The lowest BCUT2D eigenvalue weighted by molar-refractivity contribution is -0.192. The first-order valence-corrected chi connectivity index (χ1v) is 4.84. The molecule has 1 aliphatic carbocycles. The zero-order valence-corrected chi connectivity index (χ0v) is 8.09. The maximum absolute atomic E-state index is 12.5. The second kappa shape index (κ2) is 4.06. The predicted molar refractivity (Wildman–Crippen MR) is 46.5 cm³/mol. The van der Waals surface area contributed by atoms with E-state index in [1.165, 1.54) is 6.92 Å². The van der Waals surface area contributed by atoms with E-state index in [0.717, 1.165) is 0 Å². The lowest BCUT2D eigenvalue weighted by Crippen LogP contribution is -2.42. The Morgan fingerprint density at radius 1 is 1.36 bits per heavy atom. The lowest BCUT2D eigenvalue weighted by atomic mass is 9.87. The highest BCUT2D eigenvalue weighted by atomic mass is 19.4. The fraction of sp³-hybridized carbons (Fsp3) is 1.00. The summed E-state index contributed by atoms with van der Waals surface area (Å²) in [6.07, 6.45) is -4.16. The Hall–Kier alpha value is -0.290. The molecule has 0 aromatic rings. The molecule has 0 spiro atoms. The second-order valence-electron chi connectivity index (χ2n) is 4.09. The number of nitrogens with two attached hydrogens (primary N) is 1. The summed E-state index contributed by atoms with van der Waals surface area (Å²) < 4.78 is 37.4. The van der Waals surface area contributed by atoms with Crippen LogP contribution in [-0.4, -0.2) is 23.4 Å². The van der Waals surface area contributed by atoms with Crippen molar-refractivity contribution in [3.63, 3.8) is 0 Å². The fourth-order valence-electron chi connectivity index (χ4n) is 2.19. The average Bonchev–Trinajstić information content (AvgIpc) is 2.48.